The van der Waals surface area contributed by atoms with Gasteiger partial charge in [-0.3, -0.25) is 5.32 Å². The molecule has 0 aromatic carbocycles. The van der Waals surface area contributed by atoms with E-state index in [4.69, 9.17) is 9.84 Å². The first-order valence-corrected chi connectivity index (χ1v) is 6.43. The quantitative estimate of drug-likeness (QED) is 0.857. The first-order chi connectivity index (χ1) is 8.59. The number of thiophene rings is 1. The number of nitrogens with one attached hydrogen (secondary N) is 1. The third-order valence-corrected chi connectivity index (χ3v) is 3.57. The molecule has 2 heterocycles. The summed E-state index contributed by atoms with van der Waals surface area (Å²) in [4.78, 5) is 24.6. The molecule has 1 unspecified atom stereocenters. The zero-order chi connectivity index (χ0) is 13.1. The molecule has 6 nitrogen and oxygen atoms in total. The molecular formula is C11H14N2O4S. The van der Waals surface area contributed by atoms with Crippen molar-refractivity contribution in [2.75, 3.05) is 25.1 Å². The van der Waals surface area contributed by atoms with Crippen LogP contribution in [0.2, 0.25) is 0 Å². The number of hydrogen-bond donors (Lipinski definition) is 2. The van der Waals surface area contributed by atoms with Gasteiger partial charge in [-0.05, 0) is 18.4 Å². The minimum Gasteiger partial charge on any atom is -0.478 e. The summed E-state index contributed by atoms with van der Waals surface area (Å²) in [6.07, 6.45) is 0. The number of carbonyl (C=O) groups excluding carboxylic acids is 1. The lowest BCUT2D eigenvalue weighted by molar-refractivity contribution is 0.0222. The molecule has 2 rings (SSSR count). The summed E-state index contributed by atoms with van der Waals surface area (Å²) in [6.45, 7) is 3.42. The van der Waals surface area contributed by atoms with Gasteiger partial charge in [-0.1, -0.05) is 0 Å². The summed E-state index contributed by atoms with van der Waals surface area (Å²) in [7, 11) is 0. The van der Waals surface area contributed by atoms with Crippen molar-refractivity contribution in [3.05, 3.63) is 17.0 Å². The van der Waals surface area contributed by atoms with Crippen LogP contribution in [0.3, 0.4) is 0 Å². The van der Waals surface area contributed by atoms with Crippen molar-refractivity contribution in [2.45, 2.75) is 13.0 Å². The minimum atomic E-state index is -1.04. The van der Waals surface area contributed by atoms with Crippen molar-refractivity contribution >= 4 is 28.3 Å². The number of nitrogens with zero attached hydrogens (tertiary/aromatic N) is 1. The largest absolute Gasteiger partial charge is 0.478 e. The zero-order valence-electron chi connectivity index (χ0n) is 9.88. The van der Waals surface area contributed by atoms with Gasteiger partial charge >= 0.3 is 12.0 Å². The highest BCUT2D eigenvalue weighted by molar-refractivity contribution is 7.14. The molecule has 0 saturated carbocycles. The molecular weight excluding hydrogens is 256 g/mol. The Kier molecular flexibility index (Phi) is 3.83. The second-order valence-electron chi connectivity index (χ2n) is 4.02. The van der Waals surface area contributed by atoms with E-state index in [0.717, 1.165) is 0 Å². The molecule has 0 bridgehead atoms. The van der Waals surface area contributed by atoms with E-state index in [1.165, 1.54) is 17.4 Å². The highest BCUT2D eigenvalue weighted by Gasteiger charge is 2.25. The van der Waals surface area contributed by atoms with Gasteiger partial charge in [0.25, 0.3) is 0 Å². The van der Waals surface area contributed by atoms with Gasteiger partial charge in [0.1, 0.15) is 5.00 Å². The maximum Gasteiger partial charge on any atom is 0.338 e. The fourth-order valence-corrected chi connectivity index (χ4v) is 2.54. The summed E-state index contributed by atoms with van der Waals surface area (Å²) >= 11 is 1.20. The van der Waals surface area contributed by atoms with E-state index in [1.54, 1.807) is 10.3 Å². The second kappa shape index (κ2) is 5.36. The van der Waals surface area contributed by atoms with Gasteiger partial charge in [0.05, 0.1) is 24.8 Å². The van der Waals surface area contributed by atoms with Crippen LogP contribution >= 0.6 is 11.3 Å². The molecule has 1 aliphatic rings. The molecule has 7 heteroatoms. The van der Waals surface area contributed by atoms with Crippen LogP contribution in [-0.4, -0.2) is 47.8 Å². The average Bonchev–Trinajstić information content (AvgIpc) is 2.77. The smallest absolute Gasteiger partial charge is 0.338 e. The normalized spacial score (nSPS) is 19.6. The third kappa shape index (κ3) is 2.62. The highest BCUT2D eigenvalue weighted by atomic mass is 32.1. The number of anilines is 1. The number of aromatic carboxylic acids is 1. The van der Waals surface area contributed by atoms with Crippen molar-refractivity contribution in [2.24, 2.45) is 0 Å². The SMILES string of the molecule is CC1COCCN1C(=O)Nc1sccc1C(=O)O. The van der Waals surface area contributed by atoms with E-state index in [2.05, 4.69) is 5.32 Å². The van der Waals surface area contributed by atoms with Crippen molar-refractivity contribution in [1.82, 2.24) is 4.90 Å². The summed E-state index contributed by atoms with van der Waals surface area (Å²) < 4.78 is 5.25. The predicted octanol–water partition coefficient (Wildman–Crippen LogP) is 1.70. The molecule has 1 aromatic rings. The molecule has 0 radical (unpaired) electrons. The number of carboxylic acids is 1. The van der Waals surface area contributed by atoms with Crippen molar-refractivity contribution in [3.8, 4) is 0 Å². The molecule has 1 atom stereocenters. The van der Waals surface area contributed by atoms with E-state index >= 15 is 0 Å². The van der Waals surface area contributed by atoms with Crippen LogP contribution < -0.4 is 5.32 Å². The van der Waals surface area contributed by atoms with Crippen LogP contribution in [0, 0.1) is 0 Å². The van der Waals surface area contributed by atoms with Gasteiger partial charge in [0.2, 0.25) is 0 Å². The Bertz CT molecular complexity index is 460. The lowest BCUT2D eigenvalue weighted by atomic mass is 10.3. The lowest BCUT2D eigenvalue weighted by Crippen LogP contribution is -2.48. The first kappa shape index (κ1) is 12.8. The number of amides is 2. The van der Waals surface area contributed by atoms with E-state index in [-0.39, 0.29) is 17.6 Å². The third-order valence-electron chi connectivity index (χ3n) is 2.74. The maximum absolute atomic E-state index is 12.0. The molecule has 1 saturated heterocycles. The van der Waals surface area contributed by atoms with E-state index in [1.807, 2.05) is 6.92 Å². The summed E-state index contributed by atoms with van der Waals surface area (Å²) in [6, 6.07) is 1.19. The predicted molar refractivity (Wildman–Crippen MR) is 67.3 cm³/mol. The van der Waals surface area contributed by atoms with Gasteiger partial charge in [-0.2, -0.15) is 0 Å². The topological polar surface area (TPSA) is 78.9 Å². The van der Waals surface area contributed by atoms with Crippen LogP contribution in [-0.2, 0) is 4.74 Å². The Morgan fingerprint density at radius 2 is 2.39 bits per heavy atom. The number of hydrogen-bond acceptors (Lipinski definition) is 4. The highest BCUT2D eigenvalue weighted by Crippen LogP contribution is 2.24. The zero-order valence-corrected chi connectivity index (χ0v) is 10.7. The molecule has 98 valence electrons. The van der Waals surface area contributed by atoms with Crippen molar-refractivity contribution in [1.29, 1.82) is 0 Å². The van der Waals surface area contributed by atoms with Crippen LogP contribution in [0.4, 0.5) is 9.80 Å². The lowest BCUT2D eigenvalue weighted by Gasteiger charge is -2.33. The number of ether oxygens (including phenoxy) is 1. The molecule has 2 amide bonds. The molecule has 1 fully saturated rings. The monoisotopic (exact) mass is 270 g/mol. The van der Waals surface area contributed by atoms with Crippen LogP contribution in [0.25, 0.3) is 0 Å². The second-order valence-corrected chi connectivity index (χ2v) is 4.93. The minimum absolute atomic E-state index is 0.00742. The van der Waals surface area contributed by atoms with Gasteiger partial charge < -0.3 is 14.7 Å². The standard InChI is InChI=1S/C11H14N2O4S/c1-7-6-17-4-3-13(7)11(16)12-9-8(10(14)15)2-5-18-9/h2,5,7H,3-4,6H2,1H3,(H,12,16)(H,14,15). The molecule has 0 aliphatic carbocycles. The van der Waals surface area contributed by atoms with E-state index in [0.29, 0.717) is 24.8 Å². The van der Waals surface area contributed by atoms with Gasteiger partial charge in [-0.15, -0.1) is 11.3 Å². The number of morpholine rings is 1. The number of carboxylic acid groups (broad SMARTS) is 1. The summed E-state index contributed by atoms with van der Waals surface area (Å²) in [5, 5.41) is 13.6. The molecule has 1 aliphatic heterocycles. The van der Waals surface area contributed by atoms with Crippen LogP contribution in [0.1, 0.15) is 17.3 Å². The Hall–Kier alpha value is -1.60. The molecule has 0 spiro atoms. The van der Waals surface area contributed by atoms with Crippen LogP contribution in [0.5, 0.6) is 0 Å². The van der Waals surface area contributed by atoms with E-state index < -0.39 is 5.97 Å². The Balaban J connectivity index is 2.06. The average molecular weight is 270 g/mol. The van der Waals surface area contributed by atoms with Crippen LogP contribution in [0.15, 0.2) is 11.4 Å². The Labute approximate surface area is 108 Å². The van der Waals surface area contributed by atoms with Gasteiger partial charge in [0.15, 0.2) is 0 Å². The summed E-state index contributed by atoms with van der Waals surface area (Å²) in [5.74, 6) is -1.04. The van der Waals surface area contributed by atoms with Gasteiger partial charge in [0, 0.05) is 6.54 Å². The number of urea groups is 1. The number of rotatable bonds is 2. The number of carbonyl (C=O) groups is 2. The molecule has 18 heavy (non-hydrogen) atoms. The Morgan fingerprint density at radius 3 is 3.06 bits per heavy atom. The van der Waals surface area contributed by atoms with Crippen molar-refractivity contribution < 1.29 is 19.4 Å². The van der Waals surface area contributed by atoms with Gasteiger partial charge in [-0.25, -0.2) is 9.59 Å². The maximum atomic E-state index is 12.0. The molecule has 1 aromatic heterocycles. The van der Waals surface area contributed by atoms with E-state index in [9.17, 15) is 9.59 Å². The van der Waals surface area contributed by atoms with Crippen molar-refractivity contribution in [3.63, 3.8) is 0 Å². The fourth-order valence-electron chi connectivity index (χ4n) is 1.77. The fraction of sp³-hybridized carbons (Fsp3) is 0.455. The summed E-state index contributed by atoms with van der Waals surface area (Å²) in [5.41, 5.74) is 0.120. The Morgan fingerprint density at radius 1 is 1.61 bits per heavy atom. The first-order valence-electron chi connectivity index (χ1n) is 5.55. The molecule has 2 N–H and O–H groups in total.